The van der Waals surface area contributed by atoms with Crippen LogP contribution in [-0.4, -0.2) is 19.5 Å². The van der Waals surface area contributed by atoms with Crippen molar-refractivity contribution in [3.05, 3.63) is 170 Å². The first-order chi connectivity index (χ1) is 26.9. The molecule has 0 atom stereocenters. The second kappa shape index (κ2) is 11.4. The number of fused-ring (bicyclic) bond motifs is 6. The van der Waals surface area contributed by atoms with E-state index in [-0.39, 0.29) is 29.7 Å². The van der Waals surface area contributed by atoms with E-state index in [1.54, 1.807) is 6.07 Å². The van der Waals surface area contributed by atoms with Gasteiger partial charge in [0.25, 0.3) is 0 Å². The molecule has 234 valence electrons. The van der Waals surface area contributed by atoms with Crippen LogP contribution in [0.5, 0.6) is 0 Å². The first kappa shape index (κ1) is 23.5. The molecule has 0 unspecified atom stereocenters. The molecule has 10 aromatic rings. The van der Waals surface area contributed by atoms with Crippen molar-refractivity contribution in [3.8, 4) is 51.0 Å². The highest BCUT2D eigenvalue weighted by molar-refractivity contribution is 6.13. The minimum absolute atomic E-state index is 0.126. The molecule has 0 amide bonds. The van der Waals surface area contributed by atoms with E-state index in [0.29, 0.717) is 34.3 Å². The molecule has 0 spiro atoms. The molecule has 0 fully saturated rings. The number of hydrogen-bond donors (Lipinski definition) is 0. The molecule has 0 bridgehead atoms. The second-order valence-electron chi connectivity index (χ2n) is 12.1. The Balaban J connectivity index is 1.21. The van der Waals surface area contributed by atoms with Gasteiger partial charge in [-0.2, -0.15) is 9.97 Å². The van der Waals surface area contributed by atoms with Gasteiger partial charge in [-0.25, -0.2) is 4.98 Å². The minimum atomic E-state index is -0.433. The molecule has 0 aliphatic rings. The maximum Gasteiger partial charge on any atom is 0.238 e. The van der Waals surface area contributed by atoms with Gasteiger partial charge in [0.2, 0.25) is 5.95 Å². The number of nitrogens with zero attached hydrogens (tertiary/aromatic N) is 4. The van der Waals surface area contributed by atoms with Gasteiger partial charge < -0.3 is 4.42 Å². The average Bonchev–Trinajstić information content (AvgIpc) is 3.78. The van der Waals surface area contributed by atoms with Crippen LogP contribution in [-0.2, 0) is 0 Å². The Kier molecular flexibility index (Phi) is 5.35. The summed E-state index contributed by atoms with van der Waals surface area (Å²) in [7, 11) is 0. The SMILES string of the molecule is [2H]c1c([2H])c([2H])c(-c2ccc3c4ccccc4n(-c4nc(-c5ccccc5)nc(-c5ccc6c(c5)oc5cccc(-c7ccccc7)c56)n4)c3c2)c([2H])c1[2H]. The Morgan fingerprint density at radius 2 is 1.14 bits per heavy atom. The smallest absolute Gasteiger partial charge is 0.238 e. The number of hydrogen-bond acceptors (Lipinski definition) is 4. The zero-order valence-electron chi connectivity index (χ0n) is 31.5. The van der Waals surface area contributed by atoms with Gasteiger partial charge in [-0.1, -0.05) is 139 Å². The number of furan rings is 1. The monoisotopic (exact) mass is 645 g/mol. The summed E-state index contributed by atoms with van der Waals surface area (Å²) in [6.45, 7) is 0. The fourth-order valence-corrected chi connectivity index (χ4v) is 6.87. The van der Waals surface area contributed by atoms with E-state index >= 15 is 0 Å². The summed E-state index contributed by atoms with van der Waals surface area (Å²) < 4.78 is 50.5. The van der Waals surface area contributed by atoms with Gasteiger partial charge in [0.15, 0.2) is 11.6 Å². The molecule has 7 aromatic carbocycles. The van der Waals surface area contributed by atoms with Gasteiger partial charge in [-0.05, 0) is 52.6 Å². The third-order valence-corrected chi connectivity index (χ3v) is 9.16. The van der Waals surface area contributed by atoms with Crippen molar-refractivity contribution >= 4 is 43.7 Å². The Morgan fingerprint density at radius 3 is 1.96 bits per heavy atom. The molecule has 0 aliphatic carbocycles. The van der Waals surface area contributed by atoms with E-state index in [4.69, 9.17) is 26.2 Å². The number of aromatic nitrogens is 4. The topological polar surface area (TPSA) is 56.7 Å². The van der Waals surface area contributed by atoms with Gasteiger partial charge in [0.05, 0.1) is 17.9 Å². The van der Waals surface area contributed by atoms with Crippen molar-refractivity contribution in [2.75, 3.05) is 0 Å². The molecule has 3 heterocycles. The lowest BCUT2D eigenvalue weighted by atomic mass is 9.99. The minimum Gasteiger partial charge on any atom is -0.456 e. The molecule has 0 N–H and O–H groups in total. The summed E-state index contributed by atoms with van der Waals surface area (Å²) in [5.74, 6) is 1.29. The Morgan fingerprint density at radius 1 is 0.460 bits per heavy atom. The molecule has 10 rings (SSSR count). The standard InChI is InChI=1S/C45H28N4O/c1-4-13-29(14-5-1)32-23-25-36-35-19-10-11-21-38(35)49(39(36)27-32)45-47-43(31-17-8-3-9-18-31)46-44(48-45)33-24-26-37-41(28-33)50-40-22-12-20-34(42(37)40)30-15-6-2-7-16-30/h1-28H/i1D,4D,5D,13D,14D. The normalized spacial score (nSPS) is 13.0. The average molecular weight is 646 g/mol. The summed E-state index contributed by atoms with van der Waals surface area (Å²) >= 11 is 0. The zero-order valence-corrected chi connectivity index (χ0v) is 26.5. The first-order valence-electron chi connectivity index (χ1n) is 18.8. The number of para-hydroxylation sites is 1. The third-order valence-electron chi connectivity index (χ3n) is 9.16. The van der Waals surface area contributed by atoms with Crippen LogP contribution in [0, 0.1) is 0 Å². The van der Waals surface area contributed by atoms with Crippen molar-refractivity contribution in [2.45, 2.75) is 0 Å². The maximum atomic E-state index is 8.68. The van der Waals surface area contributed by atoms with Crippen LogP contribution in [0.2, 0.25) is 0 Å². The highest BCUT2D eigenvalue weighted by Gasteiger charge is 2.20. The molecule has 0 saturated carbocycles. The van der Waals surface area contributed by atoms with Gasteiger partial charge in [-0.3, -0.25) is 4.57 Å². The van der Waals surface area contributed by atoms with Crippen LogP contribution < -0.4 is 0 Å². The van der Waals surface area contributed by atoms with Crippen molar-refractivity contribution in [1.82, 2.24) is 19.5 Å². The quantitative estimate of drug-likeness (QED) is 0.187. The van der Waals surface area contributed by atoms with E-state index in [1.165, 1.54) is 0 Å². The van der Waals surface area contributed by atoms with Crippen LogP contribution in [0.4, 0.5) is 0 Å². The van der Waals surface area contributed by atoms with E-state index in [9.17, 15) is 0 Å². The van der Waals surface area contributed by atoms with E-state index in [2.05, 4.69) is 24.3 Å². The zero-order chi connectivity index (χ0) is 37.4. The van der Waals surface area contributed by atoms with Crippen molar-refractivity contribution in [3.63, 3.8) is 0 Å². The van der Waals surface area contributed by atoms with Gasteiger partial charge in [0, 0.05) is 32.7 Å². The van der Waals surface area contributed by atoms with Crippen molar-refractivity contribution in [2.24, 2.45) is 0 Å². The number of benzene rings is 7. The van der Waals surface area contributed by atoms with Crippen molar-refractivity contribution in [1.29, 1.82) is 0 Å². The van der Waals surface area contributed by atoms with Gasteiger partial charge in [-0.15, -0.1) is 0 Å². The first-order valence-corrected chi connectivity index (χ1v) is 16.3. The highest BCUT2D eigenvalue weighted by atomic mass is 16.3. The predicted octanol–water partition coefficient (Wildman–Crippen LogP) is 11.5. The van der Waals surface area contributed by atoms with E-state index in [1.807, 2.05) is 114 Å². The largest absolute Gasteiger partial charge is 0.456 e. The fraction of sp³-hybridized carbons (Fsp3) is 0. The molecule has 0 radical (unpaired) electrons. The number of rotatable bonds is 5. The van der Waals surface area contributed by atoms with Crippen LogP contribution in [0.15, 0.2) is 174 Å². The predicted molar refractivity (Wildman–Crippen MR) is 203 cm³/mol. The summed E-state index contributed by atoms with van der Waals surface area (Å²) in [5, 5.41) is 3.87. The van der Waals surface area contributed by atoms with Gasteiger partial charge >= 0.3 is 0 Å². The van der Waals surface area contributed by atoms with Gasteiger partial charge in [0.1, 0.15) is 11.2 Å². The molecule has 5 nitrogen and oxygen atoms in total. The van der Waals surface area contributed by atoms with Crippen LogP contribution in [0.3, 0.4) is 0 Å². The van der Waals surface area contributed by atoms with Crippen LogP contribution >= 0.6 is 0 Å². The lowest BCUT2D eigenvalue weighted by molar-refractivity contribution is 0.669. The maximum absolute atomic E-state index is 8.68. The fourth-order valence-electron chi connectivity index (χ4n) is 6.87. The van der Waals surface area contributed by atoms with Crippen molar-refractivity contribution < 1.29 is 11.3 Å². The molecule has 3 aromatic heterocycles. The van der Waals surface area contributed by atoms with E-state index in [0.717, 1.165) is 54.9 Å². The molecule has 5 heteroatoms. The molecular formula is C45H28N4O. The molecule has 0 saturated heterocycles. The lowest BCUT2D eigenvalue weighted by Gasteiger charge is -2.11. The highest BCUT2D eigenvalue weighted by Crippen LogP contribution is 2.39. The Hall–Kier alpha value is -6.85. The van der Waals surface area contributed by atoms with Crippen LogP contribution in [0.1, 0.15) is 6.85 Å². The van der Waals surface area contributed by atoms with E-state index < -0.39 is 6.04 Å². The third kappa shape index (κ3) is 4.60. The molecule has 0 aliphatic heterocycles. The summed E-state index contributed by atoms with van der Waals surface area (Å²) in [6, 6.07) is 43.9. The Labute approximate surface area is 294 Å². The summed E-state index contributed by atoms with van der Waals surface area (Å²) in [4.78, 5) is 15.2. The second-order valence-corrected chi connectivity index (χ2v) is 12.1. The molecular weight excluding hydrogens is 613 g/mol. The lowest BCUT2D eigenvalue weighted by Crippen LogP contribution is -2.06. The molecule has 50 heavy (non-hydrogen) atoms. The van der Waals surface area contributed by atoms with Crippen LogP contribution in [0.25, 0.3) is 94.7 Å². The Bertz CT molecular complexity index is 3130. The summed E-state index contributed by atoms with van der Waals surface area (Å²) in [6.07, 6.45) is 0. The summed E-state index contributed by atoms with van der Waals surface area (Å²) in [5.41, 5.74) is 7.41.